The highest BCUT2D eigenvalue weighted by Crippen LogP contribution is 2.20. The number of rotatable bonds is 5. The van der Waals surface area contributed by atoms with Crippen molar-refractivity contribution in [2.24, 2.45) is 5.92 Å². The van der Waals surface area contributed by atoms with Crippen molar-refractivity contribution in [1.82, 2.24) is 10.4 Å². The van der Waals surface area contributed by atoms with Crippen molar-refractivity contribution >= 4 is 23.4 Å². The molecule has 6 heteroatoms. The van der Waals surface area contributed by atoms with E-state index >= 15 is 0 Å². The molecular formula is C20H21ClN2O3. The quantitative estimate of drug-likeness (QED) is 0.818. The minimum absolute atomic E-state index is 0.0793. The SMILES string of the molecule is O=C(NOCc1ccccc1)C1CCCN(C(=O)c2ccc(Cl)cc2)C1. The van der Waals surface area contributed by atoms with Crippen LogP contribution in [0.15, 0.2) is 54.6 Å². The number of halogens is 1. The van der Waals surface area contributed by atoms with Crippen molar-refractivity contribution < 1.29 is 14.4 Å². The third-order valence-corrected chi connectivity index (χ3v) is 4.68. The van der Waals surface area contributed by atoms with Gasteiger partial charge in [-0.1, -0.05) is 41.9 Å². The number of likely N-dealkylation sites (tertiary alicyclic amines) is 1. The molecule has 0 radical (unpaired) electrons. The lowest BCUT2D eigenvalue weighted by Crippen LogP contribution is -2.45. The number of carbonyl (C=O) groups is 2. The molecule has 0 aliphatic carbocycles. The van der Waals surface area contributed by atoms with Gasteiger partial charge in [0.05, 0.1) is 12.5 Å². The average Bonchev–Trinajstić information content (AvgIpc) is 2.69. The number of nitrogens with one attached hydrogen (secondary N) is 1. The van der Waals surface area contributed by atoms with Crippen LogP contribution in [0.4, 0.5) is 0 Å². The first-order chi connectivity index (χ1) is 12.6. The molecule has 1 aliphatic heterocycles. The Balaban J connectivity index is 1.51. The lowest BCUT2D eigenvalue weighted by Gasteiger charge is -2.32. The molecule has 0 aromatic heterocycles. The number of hydrogen-bond acceptors (Lipinski definition) is 3. The van der Waals surface area contributed by atoms with E-state index in [1.807, 2.05) is 30.3 Å². The molecule has 1 fully saturated rings. The van der Waals surface area contributed by atoms with Gasteiger partial charge in [-0.15, -0.1) is 0 Å². The number of benzene rings is 2. The van der Waals surface area contributed by atoms with Crippen LogP contribution in [-0.4, -0.2) is 29.8 Å². The van der Waals surface area contributed by atoms with E-state index in [9.17, 15) is 9.59 Å². The summed E-state index contributed by atoms with van der Waals surface area (Å²) in [6.07, 6.45) is 1.53. The molecule has 0 bridgehead atoms. The zero-order valence-corrected chi connectivity index (χ0v) is 15.1. The van der Waals surface area contributed by atoms with Gasteiger partial charge in [0.2, 0.25) is 5.91 Å². The van der Waals surface area contributed by atoms with Gasteiger partial charge in [0.15, 0.2) is 0 Å². The Morgan fingerprint density at radius 1 is 1.12 bits per heavy atom. The first kappa shape index (κ1) is 18.4. The van der Waals surface area contributed by atoms with Gasteiger partial charge in [-0.2, -0.15) is 0 Å². The molecule has 1 atom stereocenters. The maximum atomic E-state index is 12.6. The van der Waals surface area contributed by atoms with Crippen LogP contribution in [0.2, 0.25) is 5.02 Å². The Bertz CT molecular complexity index is 749. The number of nitrogens with zero attached hydrogens (tertiary/aromatic N) is 1. The summed E-state index contributed by atoms with van der Waals surface area (Å²) < 4.78 is 0. The Hall–Kier alpha value is -2.37. The Morgan fingerprint density at radius 3 is 2.58 bits per heavy atom. The summed E-state index contributed by atoms with van der Waals surface area (Å²) in [6, 6.07) is 16.4. The monoisotopic (exact) mass is 372 g/mol. The summed E-state index contributed by atoms with van der Waals surface area (Å²) in [6.45, 7) is 1.35. The van der Waals surface area contributed by atoms with Gasteiger partial charge in [-0.25, -0.2) is 5.48 Å². The van der Waals surface area contributed by atoms with Crippen molar-refractivity contribution in [2.75, 3.05) is 13.1 Å². The fraction of sp³-hybridized carbons (Fsp3) is 0.300. The summed E-state index contributed by atoms with van der Waals surface area (Å²) in [5.41, 5.74) is 4.08. The van der Waals surface area contributed by atoms with Crippen molar-refractivity contribution in [1.29, 1.82) is 0 Å². The van der Waals surface area contributed by atoms with Gasteiger partial charge in [0.25, 0.3) is 5.91 Å². The zero-order valence-electron chi connectivity index (χ0n) is 14.4. The minimum Gasteiger partial charge on any atom is -0.338 e. The summed E-state index contributed by atoms with van der Waals surface area (Å²) >= 11 is 5.87. The van der Waals surface area contributed by atoms with E-state index in [0.717, 1.165) is 18.4 Å². The van der Waals surface area contributed by atoms with Gasteiger partial charge in [0.1, 0.15) is 0 Å². The predicted molar refractivity (Wildman–Crippen MR) is 99.5 cm³/mol. The Labute approximate surface area is 157 Å². The van der Waals surface area contributed by atoms with E-state index in [1.54, 1.807) is 29.2 Å². The number of piperidine rings is 1. The van der Waals surface area contributed by atoms with Crippen LogP contribution in [0.3, 0.4) is 0 Å². The molecule has 1 unspecified atom stereocenters. The normalized spacial score (nSPS) is 17.0. The second-order valence-corrected chi connectivity index (χ2v) is 6.77. The van der Waals surface area contributed by atoms with Gasteiger partial charge in [-0.3, -0.25) is 14.4 Å². The standard InChI is InChI=1S/C20H21ClN2O3/c21-18-10-8-16(9-11-18)20(25)23-12-4-7-17(13-23)19(24)22-26-14-15-5-2-1-3-6-15/h1-3,5-6,8-11,17H,4,7,12-14H2,(H,22,24). The molecule has 0 spiro atoms. The molecule has 3 rings (SSSR count). The zero-order chi connectivity index (χ0) is 18.4. The second-order valence-electron chi connectivity index (χ2n) is 6.34. The highest BCUT2D eigenvalue weighted by atomic mass is 35.5. The van der Waals surface area contributed by atoms with E-state index in [4.69, 9.17) is 16.4 Å². The summed E-state index contributed by atoms with van der Waals surface area (Å²) in [5.74, 6) is -0.533. The van der Waals surface area contributed by atoms with Crippen molar-refractivity contribution in [3.05, 3.63) is 70.7 Å². The molecule has 136 valence electrons. The third kappa shape index (κ3) is 4.84. The Morgan fingerprint density at radius 2 is 1.85 bits per heavy atom. The lowest BCUT2D eigenvalue weighted by molar-refractivity contribution is -0.140. The summed E-state index contributed by atoms with van der Waals surface area (Å²) in [4.78, 5) is 32.0. The second kappa shape index (κ2) is 8.83. The molecule has 2 aromatic carbocycles. The molecule has 2 amide bonds. The maximum Gasteiger partial charge on any atom is 0.253 e. The smallest absolute Gasteiger partial charge is 0.253 e. The molecular weight excluding hydrogens is 352 g/mol. The Kier molecular flexibility index (Phi) is 6.26. The molecule has 5 nitrogen and oxygen atoms in total. The summed E-state index contributed by atoms with van der Waals surface area (Å²) in [5, 5.41) is 0.591. The van der Waals surface area contributed by atoms with E-state index in [1.165, 1.54) is 0 Å². The topological polar surface area (TPSA) is 58.6 Å². The highest BCUT2D eigenvalue weighted by Gasteiger charge is 2.29. The largest absolute Gasteiger partial charge is 0.338 e. The van der Waals surface area contributed by atoms with Gasteiger partial charge >= 0.3 is 0 Å². The first-order valence-electron chi connectivity index (χ1n) is 8.64. The maximum absolute atomic E-state index is 12.6. The van der Waals surface area contributed by atoms with Crippen LogP contribution in [0.25, 0.3) is 0 Å². The number of amides is 2. The summed E-state index contributed by atoms with van der Waals surface area (Å²) in [7, 11) is 0. The first-order valence-corrected chi connectivity index (χ1v) is 9.01. The van der Waals surface area contributed by atoms with Gasteiger partial charge in [0, 0.05) is 23.7 Å². The van der Waals surface area contributed by atoms with Crippen LogP contribution in [0.5, 0.6) is 0 Å². The van der Waals surface area contributed by atoms with Crippen LogP contribution in [0, 0.1) is 5.92 Å². The molecule has 26 heavy (non-hydrogen) atoms. The fourth-order valence-corrected chi connectivity index (χ4v) is 3.12. The van der Waals surface area contributed by atoms with Crippen LogP contribution in [-0.2, 0) is 16.2 Å². The molecule has 2 aromatic rings. The molecule has 1 saturated heterocycles. The molecule has 1 N–H and O–H groups in total. The molecule has 1 heterocycles. The predicted octanol–water partition coefficient (Wildman–Crippen LogP) is 3.44. The highest BCUT2D eigenvalue weighted by molar-refractivity contribution is 6.30. The fourth-order valence-electron chi connectivity index (χ4n) is 3.00. The van der Waals surface area contributed by atoms with E-state index in [2.05, 4.69) is 5.48 Å². The van der Waals surface area contributed by atoms with E-state index in [0.29, 0.717) is 30.3 Å². The van der Waals surface area contributed by atoms with E-state index in [-0.39, 0.29) is 17.7 Å². The van der Waals surface area contributed by atoms with Gasteiger partial charge in [-0.05, 0) is 42.7 Å². The molecule has 0 saturated carbocycles. The average molecular weight is 373 g/mol. The van der Waals surface area contributed by atoms with E-state index < -0.39 is 0 Å². The van der Waals surface area contributed by atoms with Crippen molar-refractivity contribution in [3.63, 3.8) is 0 Å². The van der Waals surface area contributed by atoms with Crippen LogP contribution >= 0.6 is 11.6 Å². The van der Waals surface area contributed by atoms with Crippen molar-refractivity contribution in [3.8, 4) is 0 Å². The van der Waals surface area contributed by atoms with Gasteiger partial charge < -0.3 is 4.90 Å². The minimum atomic E-state index is -0.268. The number of hydroxylamine groups is 1. The van der Waals surface area contributed by atoms with Crippen LogP contribution < -0.4 is 5.48 Å². The lowest BCUT2D eigenvalue weighted by atomic mass is 9.97. The van der Waals surface area contributed by atoms with Crippen LogP contribution in [0.1, 0.15) is 28.8 Å². The van der Waals surface area contributed by atoms with Crippen molar-refractivity contribution in [2.45, 2.75) is 19.4 Å². The number of hydrogen-bond donors (Lipinski definition) is 1. The number of carbonyl (C=O) groups excluding carboxylic acids is 2. The third-order valence-electron chi connectivity index (χ3n) is 4.42. The molecule has 1 aliphatic rings.